The van der Waals surface area contributed by atoms with Crippen LogP contribution in [0.3, 0.4) is 0 Å². The number of nitrogens with zero attached hydrogens (tertiary/aromatic N) is 4. The Morgan fingerprint density at radius 2 is 1.81 bits per heavy atom. The van der Waals surface area contributed by atoms with Gasteiger partial charge in [0.1, 0.15) is 5.56 Å². The molecule has 0 amide bonds. The predicted molar refractivity (Wildman–Crippen MR) is 114 cm³/mol. The Morgan fingerprint density at radius 3 is 2.47 bits per heavy atom. The van der Waals surface area contributed by atoms with E-state index in [0.717, 1.165) is 17.3 Å². The van der Waals surface area contributed by atoms with E-state index in [1.807, 2.05) is 31.2 Å². The van der Waals surface area contributed by atoms with E-state index in [1.165, 1.54) is 20.3 Å². The fourth-order valence-electron chi connectivity index (χ4n) is 2.78. The van der Waals surface area contributed by atoms with Crippen LogP contribution in [0.4, 0.5) is 23.3 Å². The number of para-hydroxylation sites is 1. The number of nitrogens with two attached hydrogens (primary N) is 1. The SMILES string of the molecule is COc1cc(C(=O)OCc2nc(N)nc(Nc3ccccc3C)n2)c([N+](=O)[O-])cc1OC. The third kappa shape index (κ3) is 4.98. The molecule has 1 heterocycles. The van der Waals surface area contributed by atoms with Gasteiger partial charge in [-0.05, 0) is 18.6 Å². The van der Waals surface area contributed by atoms with Crippen LogP contribution in [0.1, 0.15) is 21.7 Å². The van der Waals surface area contributed by atoms with Gasteiger partial charge >= 0.3 is 5.97 Å². The lowest BCUT2D eigenvalue weighted by Gasteiger charge is -2.11. The predicted octanol–water partition coefficient (Wildman–Crippen LogP) is 2.79. The zero-order valence-electron chi connectivity index (χ0n) is 17.5. The molecule has 0 aliphatic carbocycles. The number of carbonyl (C=O) groups is 1. The van der Waals surface area contributed by atoms with E-state index >= 15 is 0 Å². The fraction of sp³-hybridized carbons (Fsp3) is 0.200. The Balaban J connectivity index is 1.81. The number of methoxy groups -OCH3 is 2. The molecule has 12 nitrogen and oxygen atoms in total. The summed E-state index contributed by atoms with van der Waals surface area (Å²) in [6, 6.07) is 9.74. The maximum atomic E-state index is 12.6. The van der Waals surface area contributed by atoms with Gasteiger partial charge in [-0.15, -0.1) is 0 Å². The lowest BCUT2D eigenvalue weighted by Crippen LogP contribution is -2.13. The van der Waals surface area contributed by atoms with Crippen LogP contribution in [0.5, 0.6) is 11.5 Å². The van der Waals surface area contributed by atoms with Crippen LogP contribution in [0.2, 0.25) is 0 Å². The van der Waals surface area contributed by atoms with Crippen molar-refractivity contribution in [1.82, 2.24) is 15.0 Å². The minimum atomic E-state index is -0.968. The topological polar surface area (TPSA) is 165 Å². The summed E-state index contributed by atoms with van der Waals surface area (Å²) in [5, 5.41) is 14.4. The van der Waals surface area contributed by atoms with Crippen LogP contribution in [0.15, 0.2) is 36.4 Å². The first kappa shape index (κ1) is 22.2. The summed E-state index contributed by atoms with van der Waals surface area (Å²) in [5.41, 5.74) is 6.66. The van der Waals surface area contributed by atoms with Gasteiger partial charge in [0.25, 0.3) is 5.69 Å². The number of rotatable bonds is 8. The molecule has 0 bridgehead atoms. The van der Waals surface area contributed by atoms with E-state index in [2.05, 4.69) is 20.3 Å². The van der Waals surface area contributed by atoms with Crippen molar-refractivity contribution in [3.8, 4) is 11.5 Å². The molecular weight excluding hydrogens is 420 g/mol. The molecule has 0 aliphatic heterocycles. The number of nitro benzene ring substituents is 1. The molecule has 0 atom stereocenters. The van der Waals surface area contributed by atoms with Gasteiger partial charge in [0.05, 0.1) is 25.2 Å². The number of benzene rings is 2. The summed E-state index contributed by atoms with van der Waals surface area (Å²) >= 11 is 0. The van der Waals surface area contributed by atoms with Gasteiger partial charge in [0.15, 0.2) is 23.9 Å². The molecule has 3 aromatic rings. The molecule has 32 heavy (non-hydrogen) atoms. The molecule has 0 aliphatic rings. The number of carbonyl (C=O) groups excluding carboxylic acids is 1. The highest BCUT2D eigenvalue weighted by Crippen LogP contribution is 2.34. The highest BCUT2D eigenvalue weighted by Gasteiger charge is 2.26. The highest BCUT2D eigenvalue weighted by molar-refractivity contribution is 5.95. The summed E-state index contributed by atoms with van der Waals surface area (Å²) in [6.07, 6.45) is 0. The Labute approximate surface area is 182 Å². The van der Waals surface area contributed by atoms with Crippen molar-refractivity contribution in [1.29, 1.82) is 0 Å². The van der Waals surface area contributed by atoms with E-state index in [-0.39, 0.29) is 41.4 Å². The third-order valence-corrected chi connectivity index (χ3v) is 4.34. The number of ether oxygens (including phenoxy) is 3. The number of aromatic nitrogens is 3. The maximum absolute atomic E-state index is 12.6. The second-order valence-corrected chi connectivity index (χ2v) is 6.43. The van der Waals surface area contributed by atoms with Crippen molar-refractivity contribution in [2.75, 3.05) is 25.3 Å². The lowest BCUT2D eigenvalue weighted by atomic mass is 10.1. The second kappa shape index (κ2) is 9.55. The standard InChI is InChI=1S/C20H20N6O6/c1-11-6-4-5-7-13(11)22-20-24-17(23-19(21)25-20)10-32-18(27)12-8-15(30-2)16(31-3)9-14(12)26(28)29/h4-9H,10H2,1-3H3,(H3,21,22,23,24,25). The van der Waals surface area contributed by atoms with Crippen LogP contribution < -0.4 is 20.5 Å². The minimum Gasteiger partial charge on any atom is -0.493 e. The van der Waals surface area contributed by atoms with E-state index in [4.69, 9.17) is 19.9 Å². The molecule has 166 valence electrons. The number of anilines is 3. The molecule has 0 spiro atoms. The highest BCUT2D eigenvalue weighted by atomic mass is 16.6. The molecule has 0 unspecified atom stereocenters. The molecular formula is C20H20N6O6. The van der Waals surface area contributed by atoms with E-state index in [0.29, 0.717) is 0 Å². The second-order valence-electron chi connectivity index (χ2n) is 6.43. The zero-order valence-corrected chi connectivity index (χ0v) is 17.5. The number of hydrogen-bond acceptors (Lipinski definition) is 11. The first-order valence-corrected chi connectivity index (χ1v) is 9.23. The monoisotopic (exact) mass is 440 g/mol. The van der Waals surface area contributed by atoms with Gasteiger partial charge in [-0.3, -0.25) is 10.1 Å². The minimum absolute atomic E-state index is 0.0602. The van der Waals surface area contributed by atoms with Crippen molar-refractivity contribution in [3.05, 3.63) is 63.5 Å². The molecule has 2 aromatic carbocycles. The normalized spacial score (nSPS) is 10.3. The van der Waals surface area contributed by atoms with Crippen molar-refractivity contribution in [3.63, 3.8) is 0 Å². The molecule has 3 rings (SSSR count). The van der Waals surface area contributed by atoms with Gasteiger partial charge < -0.3 is 25.3 Å². The maximum Gasteiger partial charge on any atom is 0.345 e. The van der Waals surface area contributed by atoms with Gasteiger partial charge in [-0.2, -0.15) is 15.0 Å². The molecule has 1 aromatic heterocycles. The van der Waals surface area contributed by atoms with Crippen LogP contribution in [0, 0.1) is 17.0 Å². The summed E-state index contributed by atoms with van der Waals surface area (Å²) in [6.45, 7) is 1.52. The first-order valence-electron chi connectivity index (χ1n) is 9.23. The molecule has 0 fully saturated rings. The Bertz CT molecular complexity index is 1170. The fourth-order valence-corrected chi connectivity index (χ4v) is 2.78. The Kier molecular flexibility index (Phi) is 6.63. The van der Waals surface area contributed by atoms with Gasteiger partial charge in [-0.25, -0.2) is 4.79 Å². The number of hydrogen-bond donors (Lipinski definition) is 2. The van der Waals surface area contributed by atoms with Crippen molar-refractivity contribution >= 4 is 29.2 Å². The largest absolute Gasteiger partial charge is 0.493 e. The van der Waals surface area contributed by atoms with E-state index in [1.54, 1.807) is 0 Å². The smallest absolute Gasteiger partial charge is 0.345 e. The van der Waals surface area contributed by atoms with Crippen molar-refractivity contribution in [2.24, 2.45) is 0 Å². The van der Waals surface area contributed by atoms with Gasteiger partial charge in [-0.1, -0.05) is 18.2 Å². The van der Waals surface area contributed by atoms with Gasteiger partial charge in [0.2, 0.25) is 11.9 Å². The number of nitrogen functional groups attached to an aromatic ring is 1. The number of aryl methyl sites for hydroxylation is 1. The number of esters is 1. The van der Waals surface area contributed by atoms with Crippen LogP contribution in [-0.2, 0) is 11.3 Å². The number of nitro groups is 1. The summed E-state index contributed by atoms with van der Waals surface area (Å²) < 4.78 is 15.3. The molecule has 12 heteroatoms. The average molecular weight is 440 g/mol. The van der Waals surface area contributed by atoms with E-state index in [9.17, 15) is 14.9 Å². The van der Waals surface area contributed by atoms with Crippen LogP contribution in [0.25, 0.3) is 0 Å². The zero-order chi connectivity index (χ0) is 23.3. The first-order chi connectivity index (χ1) is 15.3. The third-order valence-electron chi connectivity index (χ3n) is 4.34. The molecule has 0 radical (unpaired) electrons. The summed E-state index contributed by atoms with van der Waals surface area (Å²) in [5.74, 6) is -0.587. The van der Waals surface area contributed by atoms with Crippen molar-refractivity contribution in [2.45, 2.75) is 13.5 Å². The molecule has 3 N–H and O–H groups in total. The quantitative estimate of drug-likeness (QED) is 0.300. The Hall–Kier alpha value is -4.48. The summed E-state index contributed by atoms with van der Waals surface area (Å²) in [4.78, 5) is 35.4. The van der Waals surface area contributed by atoms with Crippen LogP contribution >= 0.6 is 0 Å². The van der Waals surface area contributed by atoms with E-state index < -0.39 is 16.6 Å². The summed E-state index contributed by atoms with van der Waals surface area (Å²) in [7, 11) is 2.67. The molecule has 0 saturated heterocycles. The van der Waals surface area contributed by atoms with Crippen LogP contribution in [-0.4, -0.2) is 40.1 Å². The molecule has 0 saturated carbocycles. The van der Waals surface area contributed by atoms with Gasteiger partial charge in [0, 0.05) is 11.8 Å². The number of nitrogens with one attached hydrogen (secondary N) is 1. The average Bonchev–Trinajstić information content (AvgIpc) is 2.77. The lowest BCUT2D eigenvalue weighted by molar-refractivity contribution is -0.385. The van der Waals surface area contributed by atoms with Crippen molar-refractivity contribution < 1.29 is 23.9 Å². The Morgan fingerprint density at radius 1 is 1.12 bits per heavy atom.